The van der Waals surface area contributed by atoms with Crippen molar-refractivity contribution in [3.63, 3.8) is 0 Å². The van der Waals surface area contributed by atoms with E-state index >= 15 is 0 Å². The van der Waals surface area contributed by atoms with Crippen LogP contribution in [-0.2, 0) is 6.42 Å². The zero-order chi connectivity index (χ0) is 9.97. The molecule has 0 fully saturated rings. The Morgan fingerprint density at radius 3 is 3.07 bits per heavy atom. The van der Waals surface area contributed by atoms with Gasteiger partial charge in [-0.1, -0.05) is 13.3 Å². The van der Waals surface area contributed by atoms with Gasteiger partial charge < -0.3 is 5.73 Å². The Labute approximate surface area is 86.3 Å². The predicted molar refractivity (Wildman–Crippen MR) is 58.1 cm³/mol. The lowest BCUT2D eigenvalue weighted by molar-refractivity contribution is 0.927. The van der Waals surface area contributed by atoms with Gasteiger partial charge >= 0.3 is 0 Å². The second-order valence-electron chi connectivity index (χ2n) is 3.09. The molecule has 0 bridgehead atoms. The highest BCUT2D eigenvalue weighted by Crippen LogP contribution is 2.28. The molecule has 2 rings (SSSR count). The minimum Gasteiger partial charge on any atom is -0.382 e. The SMILES string of the molecule is CCCc1c(N)n[nH]c1-c1ccns1. The molecule has 74 valence electrons. The Morgan fingerprint density at radius 2 is 2.43 bits per heavy atom. The molecule has 0 aliphatic heterocycles. The van der Waals surface area contributed by atoms with Gasteiger partial charge in [-0.25, -0.2) is 4.37 Å². The van der Waals surface area contributed by atoms with Gasteiger partial charge in [-0.2, -0.15) is 5.10 Å². The second kappa shape index (κ2) is 3.79. The molecular formula is C9H12N4S. The first kappa shape index (κ1) is 9.21. The summed E-state index contributed by atoms with van der Waals surface area (Å²) in [6, 6.07) is 1.97. The molecule has 0 unspecified atom stereocenters. The molecule has 2 aromatic rings. The summed E-state index contributed by atoms with van der Waals surface area (Å²) < 4.78 is 4.06. The van der Waals surface area contributed by atoms with Crippen LogP contribution < -0.4 is 5.73 Å². The summed E-state index contributed by atoms with van der Waals surface area (Å²) in [7, 11) is 0. The zero-order valence-electron chi connectivity index (χ0n) is 7.95. The van der Waals surface area contributed by atoms with Crippen LogP contribution in [0.4, 0.5) is 5.82 Å². The van der Waals surface area contributed by atoms with Crippen LogP contribution in [0.2, 0.25) is 0 Å². The zero-order valence-corrected chi connectivity index (χ0v) is 8.77. The van der Waals surface area contributed by atoms with E-state index in [2.05, 4.69) is 21.5 Å². The average molecular weight is 208 g/mol. The van der Waals surface area contributed by atoms with E-state index in [0.29, 0.717) is 5.82 Å². The Morgan fingerprint density at radius 1 is 1.57 bits per heavy atom. The Bertz CT molecular complexity index is 404. The van der Waals surface area contributed by atoms with Crippen molar-refractivity contribution in [1.82, 2.24) is 14.6 Å². The molecule has 3 N–H and O–H groups in total. The first-order chi connectivity index (χ1) is 6.83. The van der Waals surface area contributed by atoms with E-state index < -0.39 is 0 Å². The number of hydrogen-bond donors (Lipinski definition) is 2. The van der Waals surface area contributed by atoms with Crippen LogP contribution >= 0.6 is 11.5 Å². The normalized spacial score (nSPS) is 10.6. The summed E-state index contributed by atoms with van der Waals surface area (Å²) in [4.78, 5) is 1.10. The first-order valence-corrected chi connectivity index (χ1v) is 5.34. The largest absolute Gasteiger partial charge is 0.382 e. The van der Waals surface area contributed by atoms with Gasteiger partial charge in [0.15, 0.2) is 0 Å². The topological polar surface area (TPSA) is 67.6 Å². The molecule has 0 amide bonds. The lowest BCUT2D eigenvalue weighted by Gasteiger charge is -1.98. The third-order valence-electron chi connectivity index (χ3n) is 2.08. The molecule has 5 heteroatoms. The summed E-state index contributed by atoms with van der Waals surface area (Å²) in [5.41, 5.74) is 7.90. The molecule has 0 spiro atoms. The molecule has 0 atom stereocenters. The fourth-order valence-electron chi connectivity index (χ4n) is 1.43. The van der Waals surface area contributed by atoms with Gasteiger partial charge in [-0.3, -0.25) is 5.10 Å². The molecular weight excluding hydrogens is 196 g/mol. The Balaban J connectivity index is 2.43. The monoisotopic (exact) mass is 208 g/mol. The lowest BCUT2D eigenvalue weighted by Crippen LogP contribution is -1.91. The van der Waals surface area contributed by atoms with Crippen molar-refractivity contribution < 1.29 is 0 Å². The molecule has 14 heavy (non-hydrogen) atoms. The summed E-state index contributed by atoms with van der Waals surface area (Å²) in [6.45, 7) is 2.13. The van der Waals surface area contributed by atoms with E-state index in [1.807, 2.05) is 6.07 Å². The van der Waals surface area contributed by atoms with Gasteiger partial charge in [-0.05, 0) is 24.0 Å². The molecule has 0 saturated heterocycles. The highest BCUT2D eigenvalue weighted by Gasteiger charge is 2.12. The molecule has 4 nitrogen and oxygen atoms in total. The van der Waals surface area contributed by atoms with Crippen molar-refractivity contribution in [2.75, 3.05) is 5.73 Å². The van der Waals surface area contributed by atoms with Gasteiger partial charge in [-0.15, -0.1) is 0 Å². The van der Waals surface area contributed by atoms with Crippen LogP contribution in [0.5, 0.6) is 0 Å². The summed E-state index contributed by atoms with van der Waals surface area (Å²) >= 11 is 1.45. The number of nitrogens with zero attached hydrogens (tertiary/aromatic N) is 2. The number of H-pyrrole nitrogens is 1. The van der Waals surface area contributed by atoms with Crippen LogP contribution in [0.1, 0.15) is 18.9 Å². The minimum absolute atomic E-state index is 0.607. The van der Waals surface area contributed by atoms with Crippen LogP contribution in [0.25, 0.3) is 10.6 Å². The van der Waals surface area contributed by atoms with E-state index in [4.69, 9.17) is 5.73 Å². The molecule has 0 aliphatic carbocycles. The number of anilines is 1. The van der Waals surface area contributed by atoms with E-state index in [-0.39, 0.29) is 0 Å². The van der Waals surface area contributed by atoms with E-state index in [1.165, 1.54) is 11.5 Å². The number of nitrogens with two attached hydrogens (primary N) is 1. The molecule has 0 aliphatic rings. The Hall–Kier alpha value is -1.36. The van der Waals surface area contributed by atoms with E-state index in [9.17, 15) is 0 Å². The molecule has 2 aromatic heterocycles. The maximum Gasteiger partial charge on any atom is 0.149 e. The predicted octanol–water partition coefficient (Wildman–Crippen LogP) is 2.07. The molecule has 0 saturated carbocycles. The maximum absolute atomic E-state index is 5.78. The van der Waals surface area contributed by atoms with Crippen molar-refractivity contribution in [2.45, 2.75) is 19.8 Å². The standard InChI is InChI=1S/C9H12N4S/c1-2-3-6-8(12-13-9(6)10)7-4-5-11-14-7/h4-5H,2-3H2,1H3,(H3,10,12,13). The number of rotatable bonds is 3. The molecule has 0 aromatic carbocycles. The number of nitrogen functional groups attached to an aromatic ring is 1. The Kier molecular flexibility index (Phi) is 2.49. The molecule has 0 radical (unpaired) electrons. The maximum atomic E-state index is 5.78. The molecule has 2 heterocycles. The van der Waals surface area contributed by atoms with Gasteiger partial charge in [0, 0.05) is 11.8 Å². The first-order valence-electron chi connectivity index (χ1n) is 4.56. The van der Waals surface area contributed by atoms with E-state index in [1.54, 1.807) is 6.20 Å². The summed E-state index contributed by atoms with van der Waals surface area (Å²) in [5, 5.41) is 6.98. The van der Waals surface area contributed by atoms with Gasteiger partial charge in [0.2, 0.25) is 0 Å². The van der Waals surface area contributed by atoms with Crippen molar-refractivity contribution >= 4 is 17.4 Å². The van der Waals surface area contributed by atoms with Crippen molar-refractivity contribution in [3.8, 4) is 10.6 Å². The third kappa shape index (κ3) is 1.50. The highest BCUT2D eigenvalue weighted by atomic mass is 32.1. The second-order valence-corrected chi connectivity index (χ2v) is 3.92. The number of aromatic amines is 1. The summed E-state index contributed by atoms with van der Waals surface area (Å²) in [5.74, 6) is 0.607. The fraction of sp³-hybridized carbons (Fsp3) is 0.333. The fourth-order valence-corrected chi connectivity index (χ4v) is 2.05. The van der Waals surface area contributed by atoms with Crippen LogP contribution in [0, 0.1) is 0 Å². The van der Waals surface area contributed by atoms with Crippen molar-refractivity contribution in [2.24, 2.45) is 0 Å². The van der Waals surface area contributed by atoms with Crippen LogP contribution in [-0.4, -0.2) is 14.6 Å². The summed E-state index contributed by atoms with van der Waals surface area (Å²) in [6.07, 6.45) is 3.80. The smallest absolute Gasteiger partial charge is 0.149 e. The van der Waals surface area contributed by atoms with Crippen LogP contribution in [0.3, 0.4) is 0 Å². The van der Waals surface area contributed by atoms with Gasteiger partial charge in [0.05, 0.1) is 10.6 Å². The number of nitrogens with one attached hydrogen (secondary N) is 1. The number of aromatic nitrogens is 3. The van der Waals surface area contributed by atoms with Crippen LogP contribution in [0.15, 0.2) is 12.3 Å². The van der Waals surface area contributed by atoms with E-state index in [0.717, 1.165) is 29.0 Å². The number of hydrogen-bond acceptors (Lipinski definition) is 4. The minimum atomic E-state index is 0.607. The van der Waals surface area contributed by atoms with Crippen molar-refractivity contribution in [3.05, 3.63) is 17.8 Å². The van der Waals surface area contributed by atoms with Gasteiger partial charge in [0.25, 0.3) is 0 Å². The van der Waals surface area contributed by atoms with Gasteiger partial charge in [0.1, 0.15) is 5.82 Å². The van der Waals surface area contributed by atoms with Crippen molar-refractivity contribution in [1.29, 1.82) is 0 Å². The third-order valence-corrected chi connectivity index (χ3v) is 2.85. The average Bonchev–Trinajstić information content (AvgIpc) is 2.77. The highest BCUT2D eigenvalue weighted by molar-refractivity contribution is 7.09. The lowest BCUT2D eigenvalue weighted by atomic mass is 10.1. The quantitative estimate of drug-likeness (QED) is 0.811.